The highest BCUT2D eigenvalue weighted by Crippen LogP contribution is 2.36. The molecule has 192 valence electrons. The number of rotatable bonds is 5. The first kappa shape index (κ1) is 24.5. The van der Waals surface area contributed by atoms with Gasteiger partial charge in [-0.15, -0.1) is 5.10 Å². The van der Waals surface area contributed by atoms with Crippen LogP contribution in [-0.4, -0.2) is 25.0 Å². The zero-order chi connectivity index (χ0) is 27.1. The predicted molar refractivity (Wildman–Crippen MR) is 144 cm³/mol. The van der Waals surface area contributed by atoms with Crippen LogP contribution in [0.1, 0.15) is 16.7 Å². The summed E-state index contributed by atoms with van der Waals surface area (Å²) >= 11 is 0. The molecule has 6 rings (SSSR count). The monoisotopic (exact) mass is 521 g/mol. The van der Waals surface area contributed by atoms with Crippen molar-refractivity contribution in [2.75, 3.05) is 0 Å². The van der Waals surface area contributed by atoms with Crippen LogP contribution in [0.3, 0.4) is 0 Å². The summed E-state index contributed by atoms with van der Waals surface area (Å²) in [5, 5.41) is 8.94. The average molecular weight is 522 g/mol. The molecule has 0 unspecified atom stereocenters. The van der Waals surface area contributed by atoms with Crippen LogP contribution in [-0.2, 0) is 6.54 Å². The van der Waals surface area contributed by atoms with E-state index in [0.29, 0.717) is 51.5 Å². The fourth-order valence-corrected chi connectivity index (χ4v) is 4.53. The standard InChI is InChI=1S/C31H22F3N5/c1-18-15-26-27(16-19(18)2)36-29(28(35-26)21-5-11-24(33)12-6-21)30-31(22-7-13-25(34)14-8-22)39(38-37-30)17-20-3-9-23(32)10-4-20/h3-16H,17H2,1-2H3. The smallest absolute Gasteiger partial charge is 0.141 e. The van der Waals surface area contributed by atoms with Crippen molar-refractivity contribution in [3.8, 4) is 33.9 Å². The van der Waals surface area contributed by atoms with Crippen molar-refractivity contribution in [3.63, 3.8) is 0 Å². The van der Waals surface area contributed by atoms with Gasteiger partial charge in [0.2, 0.25) is 0 Å². The minimum Gasteiger partial charge on any atom is -0.244 e. The van der Waals surface area contributed by atoms with Crippen molar-refractivity contribution in [1.82, 2.24) is 25.0 Å². The van der Waals surface area contributed by atoms with E-state index in [0.717, 1.165) is 16.7 Å². The second-order valence-corrected chi connectivity index (χ2v) is 9.43. The fraction of sp³-hybridized carbons (Fsp3) is 0.0968. The van der Waals surface area contributed by atoms with E-state index in [1.54, 1.807) is 41.1 Å². The van der Waals surface area contributed by atoms with Crippen LogP contribution in [0.2, 0.25) is 0 Å². The first-order valence-electron chi connectivity index (χ1n) is 12.3. The second kappa shape index (κ2) is 9.79. The van der Waals surface area contributed by atoms with Crippen molar-refractivity contribution in [1.29, 1.82) is 0 Å². The van der Waals surface area contributed by atoms with Crippen LogP contribution in [0.4, 0.5) is 13.2 Å². The third kappa shape index (κ3) is 4.77. The van der Waals surface area contributed by atoms with Crippen molar-refractivity contribution < 1.29 is 13.2 Å². The Bertz CT molecular complexity index is 1810. The maximum atomic E-state index is 13.9. The van der Waals surface area contributed by atoms with Gasteiger partial charge in [0.25, 0.3) is 0 Å². The Balaban J connectivity index is 1.61. The summed E-state index contributed by atoms with van der Waals surface area (Å²) in [6.45, 7) is 4.31. The molecule has 0 N–H and O–H groups in total. The maximum Gasteiger partial charge on any atom is 0.141 e. The second-order valence-electron chi connectivity index (χ2n) is 9.43. The van der Waals surface area contributed by atoms with Gasteiger partial charge in [0.05, 0.1) is 29.0 Å². The minimum absolute atomic E-state index is 0.297. The van der Waals surface area contributed by atoms with E-state index >= 15 is 0 Å². The van der Waals surface area contributed by atoms with E-state index in [1.165, 1.54) is 36.4 Å². The van der Waals surface area contributed by atoms with Gasteiger partial charge in [0.1, 0.15) is 28.8 Å². The Kier molecular flexibility index (Phi) is 6.15. The molecule has 0 aliphatic heterocycles. The fourth-order valence-electron chi connectivity index (χ4n) is 4.53. The number of hydrogen-bond acceptors (Lipinski definition) is 4. The molecule has 0 bridgehead atoms. The van der Waals surface area contributed by atoms with Crippen molar-refractivity contribution in [2.45, 2.75) is 20.4 Å². The van der Waals surface area contributed by atoms with Gasteiger partial charge in [-0.05, 0) is 103 Å². The maximum absolute atomic E-state index is 13.9. The average Bonchev–Trinajstić information content (AvgIpc) is 3.34. The summed E-state index contributed by atoms with van der Waals surface area (Å²) in [6.07, 6.45) is 0. The van der Waals surface area contributed by atoms with Gasteiger partial charge in [-0.25, -0.2) is 27.8 Å². The molecule has 0 amide bonds. The van der Waals surface area contributed by atoms with E-state index in [4.69, 9.17) is 9.97 Å². The van der Waals surface area contributed by atoms with E-state index in [9.17, 15) is 13.2 Å². The van der Waals surface area contributed by atoms with Gasteiger partial charge in [-0.2, -0.15) is 0 Å². The van der Waals surface area contributed by atoms with Crippen molar-refractivity contribution in [3.05, 3.63) is 119 Å². The molecule has 8 heteroatoms. The summed E-state index contributed by atoms with van der Waals surface area (Å²) in [5.41, 5.74) is 7.68. The normalized spacial score (nSPS) is 11.3. The zero-order valence-electron chi connectivity index (χ0n) is 21.2. The Morgan fingerprint density at radius 3 is 1.64 bits per heavy atom. The summed E-state index contributed by atoms with van der Waals surface area (Å²) in [7, 11) is 0. The van der Waals surface area contributed by atoms with Gasteiger partial charge < -0.3 is 0 Å². The number of hydrogen-bond donors (Lipinski definition) is 0. The van der Waals surface area contributed by atoms with Gasteiger partial charge in [-0.3, -0.25) is 0 Å². The van der Waals surface area contributed by atoms with Crippen molar-refractivity contribution >= 4 is 11.0 Å². The number of nitrogens with zero attached hydrogens (tertiary/aromatic N) is 5. The molecular weight excluding hydrogens is 499 g/mol. The molecule has 0 aliphatic carbocycles. The molecule has 2 heterocycles. The SMILES string of the molecule is Cc1cc2nc(-c3ccc(F)cc3)c(-c3nnn(Cc4ccc(F)cc4)c3-c3ccc(F)cc3)nc2cc1C. The van der Waals surface area contributed by atoms with Crippen LogP contribution in [0.15, 0.2) is 84.9 Å². The lowest BCUT2D eigenvalue weighted by atomic mass is 10.0. The van der Waals surface area contributed by atoms with Crippen LogP contribution < -0.4 is 0 Å². The molecule has 0 radical (unpaired) electrons. The molecular formula is C31H22F3N5. The Labute approximate surface area is 222 Å². The molecule has 0 aliphatic rings. The minimum atomic E-state index is -0.374. The lowest BCUT2D eigenvalue weighted by Gasteiger charge is -2.13. The summed E-state index contributed by atoms with van der Waals surface area (Å²) in [5.74, 6) is -1.07. The molecule has 6 aromatic rings. The topological polar surface area (TPSA) is 56.5 Å². The molecule has 5 nitrogen and oxygen atoms in total. The summed E-state index contributed by atoms with van der Waals surface area (Å²) < 4.78 is 42.9. The van der Waals surface area contributed by atoms with Gasteiger partial charge >= 0.3 is 0 Å². The predicted octanol–water partition coefficient (Wildman–Crippen LogP) is 7.30. The highest BCUT2D eigenvalue weighted by molar-refractivity contribution is 5.89. The van der Waals surface area contributed by atoms with Crippen LogP contribution >= 0.6 is 0 Å². The summed E-state index contributed by atoms with van der Waals surface area (Å²) in [6, 6.07) is 22.1. The lowest BCUT2D eigenvalue weighted by Crippen LogP contribution is -2.05. The lowest BCUT2D eigenvalue weighted by molar-refractivity contribution is 0.622. The quantitative estimate of drug-likeness (QED) is 0.239. The molecule has 0 atom stereocenters. The van der Waals surface area contributed by atoms with E-state index < -0.39 is 0 Å². The molecule has 2 aromatic heterocycles. The Morgan fingerprint density at radius 2 is 1.08 bits per heavy atom. The third-order valence-electron chi connectivity index (χ3n) is 6.72. The molecule has 0 fully saturated rings. The van der Waals surface area contributed by atoms with E-state index in [1.807, 2.05) is 26.0 Å². The van der Waals surface area contributed by atoms with Gasteiger partial charge in [0, 0.05) is 11.1 Å². The largest absolute Gasteiger partial charge is 0.244 e. The molecule has 4 aromatic carbocycles. The molecule has 39 heavy (non-hydrogen) atoms. The van der Waals surface area contributed by atoms with Crippen LogP contribution in [0, 0.1) is 31.3 Å². The number of benzene rings is 4. The summed E-state index contributed by atoms with van der Waals surface area (Å²) in [4.78, 5) is 9.93. The number of fused-ring (bicyclic) bond motifs is 1. The van der Waals surface area contributed by atoms with Crippen LogP contribution in [0.5, 0.6) is 0 Å². The van der Waals surface area contributed by atoms with Gasteiger partial charge in [-0.1, -0.05) is 17.3 Å². The molecule has 0 saturated heterocycles. The first-order chi connectivity index (χ1) is 18.9. The first-order valence-corrected chi connectivity index (χ1v) is 12.3. The zero-order valence-corrected chi connectivity index (χ0v) is 21.2. The highest BCUT2D eigenvalue weighted by Gasteiger charge is 2.23. The Hall–Kier alpha value is -4.85. The van der Waals surface area contributed by atoms with E-state index in [2.05, 4.69) is 10.3 Å². The van der Waals surface area contributed by atoms with Crippen LogP contribution in [0.25, 0.3) is 44.9 Å². The number of halogens is 3. The van der Waals surface area contributed by atoms with Gasteiger partial charge in [0.15, 0.2) is 0 Å². The third-order valence-corrected chi connectivity index (χ3v) is 6.72. The van der Waals surface area contributed by atoms with Crippen molar-refractivity contribution in [2.24, 2.45) is 0 Å². The molecule has 0 spiro atoms. The molecule has 0 saturated carbocycles. The highest BCUT2D eigenvalue weighted by atomic mass is 19.1. The number of aromatic nitrogens is 5. The van der Waals surface area contributed by atoms with E-state index in [-0.39, 0.29) is 17.5 Å². The number of aryl methyl sites for hydroxylation is 2. The Morgan fingerprint density at radius 1 is 0.590 bits per heavy atom.